The van der Waals surface area contributed by atoms with E-state index in [-0.39, 0.29) is 33.6 Å². The summed E-state index contributed by atoms with van der Waals surface area (Å²) in [7, 11) is -3.46. The van der Waals surface area contributed by atoms with Crippen LogP contribution in [0.1, 0.15) is 68.6 Å². The van der Waals surface area contributed by atoms with Gasteiger partial charge in [0.05, 0.1) is 11.3 Å². The number of para-hydroxylation sites is 1. The van der Waals surface area contributed by atoms with Gasteiger partial charge in [-0.3, -0.25) is 14.9 Å². The van der Waals surface area contributed by atoms with Gasteiger partial charge in [-0.1, -0.05) is 51.2 Å². The Bertz CT molecular complexity index is 1110. The van der Waals surface area contributed by atoms with Gasteiger partial charge in [0.15, 0.2) is 20.0 Å². The summed E-state index contributed by atoms with van der Waals surface area (Å²) in [5, 5.41) is 10.9. The molecule has 3 N–H and O–H groups in total. The Morgan fingerprint density at radius 2 is 1.78 bits per heavy atom. The topological polar surface area (TPSA) is 126 Å². The van der Waals surface area contributed by atoms with Gasteiger partial charge in [-0.05, 0) is 44.0 Å². The Morgan fingerprint density at radius 1 is 1.05 bits per heavy atom. The minimum atomic E-state index is -3.46. The zero-order chi connectivity index (χ0) is 26.5. The van der Waals surface area contributed by atoms with Crippen LogP contribution in [-0.2, 0) is 14.6 Å². The third kappa shape index (κ3) is 9.81. The molecule has 0 saturated heterocycles. The number of thiazole rings is 1. The molecule has 3 rings (SSSR count). The highest BCUT2D eigenvalue weighted by Crippen LogP contribution is 2.26. The van der Waals surface area contributed by atoms with Crippen molar-refractivity contribution < 1.29 is 22.7 Å². The summed E-state index contributed by atoms with van der Waals surface area (Å²) in [5.74, 6) is 0.0174. The van der Waals surface area contributed by atoms with Crippen molar-refractivity contribution in [1.29, 1.82) is 0 Å². The maximum atomic E-state index is 12.7. The number of nitrogens with one attached hydrogen (secondary N) is 3. The van der Waals surface area contributed by atoms with Crippen molar-refractivity contribution in [2.45, 2.75) is 63.3 Å². The van der Waals surface area contributed by atoms with E-state index in [0.29, 0.717) is 13.0 Å². The van der Waals surface area contributed by atoms with Crippen LogP contribution in [0.15, 0.2) is 34.7 Å². The number of sulfone groups is 1. The molecule has 0 atom stereocenters. The predicted molar refractivity (Wildman–Crippen MR) is 146 cm³/mol. The van der Waals surface area contributed by atoms with E-state index >= 15 is 0 Å². The lowest BCUT2D eigenvalue weighted by molar-refractivity contribution is -0.134. The Morgan fingerprint density at radius 3 is 2.54 bits per heavy atom. The van der Waals surface area contributed by atoms with Crippen molar-refractivity contribution >= 4 is 38.2 Å². The maximum absolute atomic E-state index is 12.7. The molecule has 204 valence electrons. The zero-order valence-corrected chi connectivity index (χ0v) is 23.1. The number of nitrogens with zero attached hydrogens (tertiary/aromatic N) is 1. The van der Waals surface area contributed by atoms with Gasteiger partial charge in [0.2, 0.25) is 0 Å². The lowest BCUT2D eigenvalue weighted by atomic mass is 9.87. The largest absolute Gasteiger partial charge is 0.426 e. The molecule has 0 aliphatic heterocycles. The summed E-state index contributed by atoms with van der Waals surface area (Å²) in [4.78, 5) is 29.1. The van der Waals surface area contributed by atoms with Crippen molar-refractivity contribution in [3.05, 3.63) is 35.2 Å². The van der Waals surface area contributed by atoms with Gasteiger partial charge < -0.3 is 15.4 Å². The van der Waals surface area contributed by atoms with Gasteiger partial charge in [-0.25, -0.2) is 13.4 Å². The number of amides is 1. The average molecular weight is 551 g/mol. The van der Waals surface area contributed by atoms with E-state index in [4.69, 9.17) is 4.74 Å². The SMILES string of the molecule is CCS(=O)(=O)c1csc(NC(=O)c2ccccc2OC(=O)CCCNCCNCCC2CCCCC2)n1. The highest BCUT2D eigenvalue weighted by molar-refractivity contribution is 7.91. The highest BCUT2D eigenvalue weighted by Gasteiger charge is 2.19. The number of carbonyl (C=O) groups is 2. The number of benzene rings is 1. The first kappa shape index (κ1) is 29.2. The van der Waals surface area contributed by atoms with Crippen LogP contribution in [0.2, 0.25) is 0 Å². The molecule has 1 aromatic carbocycles. The summed E-state index contributed by atoms with van der Waals surface area (Å²) in [5.41, 5.74) is 0.170. The summed E-state index contributed by atoms with van der Waals surface area (Å²) >= 11 is 1.02. The second-order valence-electron chi connectivity index (χ2n) is 9.21. The maximum Gasteiger partial charge on any atom is 0.311 e. The molecule has 1 amide bonds. The van der Waals surface area contributed by atoms with E-state index in [1.807, 2.05) is 0 Å². The first-order valence-electron chi connectivity index (χ1n) is 13.1. The molecule has 9 nitrogen and oxygen atoms in total. The minimum absolute atomic E-state index is 0.0705. The first-order valence-corrected chi connectivity index (χ1v) is 15.6. The third-order valence-corrected chi connectivity index (χ3v) is 8.94. The van der Waals surface area contributed by atoms with Gasteiger partial charge in [0, 0.05) is 24.9 Å². The minimum Gasteiger partial charge on any atom is -0.426 e. The summed E-state index contributed by atoms with van der Waals surface area (Å²) in [6, 6.07) is 6.43. The first-order chi connectivity index (χ1) is 17.9. The third-order valence-electron chi connectivity index (χ3n) is 6.42. The molecule has 1 aliphatic rings. The molecule has 11 heteroatoms. The van der Waals surface area contributed by atoms with Crippen LogP contribution in [-0.4, -0.2) is 57.2 Å². The number of carbonyl (C=O) groups excluding carboxylic acids is 2. The van der Waals surface area contributed by atoms with E-state index in [0.717, 1.165) is 36.9 Å². The lowest BCUT2D eigenvalue weighted by Gasteiger charge is -2.21. The Kier molecular flexibility index (Phi) is 12.0. The molecular weight excluding hydrogens is 512 g/mol. The van der Waals surface area contributed by atoms with Crippen molar-refractivity contribution in [2.75, 3.05) is 37.2 Å². The van der Waals surface area contributed by atoms with Crippen LogP contribution < -0.4 is 20.7 Å². The molecule has 37 heavy (non-hydrogen) atoms. The van der Waals surface area contributed by atoms with Crippen LogP contribution >= 0.6 is 11.3 Å². The van der Waals surface area contributed by atoms with E-state index in [9.17, 15) is 18.0 Å². The molecule has 0 bridgehead atoms. The normalized spacial score (nSPS) is 14.4. The second-order valence-corrected chi connectivity index (χ2v) is 12.3. The van der Waals surface area contributed by atoms with Crippen LogP contribution in [0.25, 0.3) is 0 Å². The van der Waals surface area contributed by atoms with Crippen molar-refractivity contribution in [1.82, 2.24) is 15.6 Å². The Balaban J connectivity index is 1.34. The van der Waals surface area contributed by atoms with Crippen molar-refractivity contribution in [2.24, 2.45) is 5.92 Å². The van der Waals surface area contributed by atoms with E-state index < -0.39 is 21.7 Å². The van der Waals surface area contributed by atoms with Crippen LogP contribution in [0.3, 0.4) is 0 Å². The summed E-state index contributed by atoms with van der Waals surface area (Å²) < 4.78 is 29.4. The van der Waals surface area contributed by atoms with Crippen molar-refractivity contribution in [3.8, 4) is 5.75 Å². The quantitative estimate of drug-likeness (QED) is 0.172. The van der Waals surface area contributed by atoms with Gasteiger partial charge in [0.25, 0.3) is 5.91 Å². The molecule has 0 radical (unpaired) electrons. The fourth-order valence-electron chi connectivity index (χ4n) is 4.26. The molecule has 1 fully saturated rings. The fraction of sp³-hybridized carbons (Fsp3) is 0.577. The number of rotatable bonds is 15. The standard InChI is InChI=1S/C26H38N4O5S2/c1-2-37(33,34)23-19-36-26(29-23)30-25(32)21-11-6-7-12-22(21)35-24(31)13-8-15-27-17-18-28-16-14-20-9-4-3-5-10-20/h6-7,11-12,19-20,27-28H,2-5,8-10,13-18H2,1H3,(H,29,30,32). The Hall–Kier alpha value is -2.34. The number of ether oxygens (including phenoxy) is 1. The van der Waals surface area contributed by atoms with Gasteiger partial charge in [0.1, 0.15) is 5.75 Å². The van der Waals surface area contributed by atoms with Crippen molar-refractivity contribution in [3.63, 3.8) is 0 Å². The van der Waals surface area contributed by atoms with Gasteiger partial charge in [-0.2, -0.15) is 0 Å². The zero-order valence-electron chi connectivity index (χ0n) is 21.5. The second kappa shape index (κ2) is 15.2. The molecular formula is C26H38N4O5S2. The molecule has 1 saturated carbocycles. The number of esters is 1. The van der Waals surface area contributed by atoms with Gasteiger partial charge in [-0.15, -0.1) is 11.3 Å². The molecule has 1 aromatic heterocycles. The summed E-state index contributed by atoms with van der Waals surface area (Å²) in [6.45, 7) is 5.05. The highest BCUT2D eigenvalue weighted by atomic mass is 32.2. The number of anilines is 1. The number of hydrogen-bond acceptors (Lipinski definition) is 9. The fourth-order valence-corrected chi connectivity index (χ4v) is 6.14. The number of aromatic nitrogens is 1. The lowest BCUT2D eigenvalue weighted by Crippen LogP contribution is -2.29. The molecule has 1 aliphatic carbocycles. The predicted octanol–water partition coefficient (Wildman–Crippen LogP) is 4.02. The molecule has 1 heterocycles. The smallest absolute Gasteiger partial charge is 0.311 e. The van der Waals surface area contributed by atoms with Crippen LogP contribution in [0.4, 0.5) is 5.13 Å². The molecule has 0 unspecified atom stereocenters. The van der Waals surface area contributed by atoms with Gasteiger partial charge >= 0.3 is 5.97 Å². The summed E-state index contributed by atoms with van der Waals surface area (Å²) in [6.07, 6.45) is 9.03. The van der Waals surface area contributed by atoms with Crippen LogP contribution in [0, 0.1) is 5.92 Å². The molecule has 2 aromatic rings. The van der Waals surface area contributed by atoms with E-state index in [1.165, 1.54) is 56.9 Å². The van der Waals surface area contributed by atoms with Crippen LogP contribution in [0.5, 0.6) is 5.75 Å². The molecule has 0 spiro atoms. The monoisotopic (exact) mass is 550 g/mol. The van der Waals surface area contributed by atoms with E-state index in [1.54, 1.807) is 18.2 Å². The Labute approximate surface area is 223 Å². The number of hydrogen-bond donors (Lipinski definition) is 3. The average Bonchev–Trinajstić information content (AvgIpc) is 3.38. The van der Waals surface area contributed by atoms with E-state index in [2.05, 4.69) is 20.9 Å².